The summed E-state index contributed by atoms with van der Waals surface area (Å²) in [5.74, 6) is -0.732. The molecule has 4 aromatic rings. The van der Waals surface area contributed by atoms with E-state index < -0.39 is 11.4 Å². The molecule has 30 heavy (non-hydrogen) atoms. The highest BCUT2D eigenvalue weighted by molar-refractivity contribution is 9.10. The zero-order valence-corrected chi connectivity index (χ0v) is 18.5. The van der Waals surface area contributed by atoms with Crippen LogP contribution >= 0.6 is 27.5 Å². The molecular weight excluding hydrogens is 468 g/mol. The molecule has 6 heteroatoms. The van der Waals surface area contributed by atoms with E-state index in [9.17, 15) is 9.59 Å². The van der Waals surface area contributed by atoms with E-state index in [1.165, 1.54) is 0 Å². The Labute approximate surface area is 186 Å². The maximum absolute atomic E-state index is 13.3. The van der Waals surface area contributed by atoms with Crippen LogP contribution < -0.4 is 10.2 Å². The first-order valence-electron chi connectivity index (χ1n) is 9.16. The highest BCUT2D eigenvalue weighted by atomic mass is 79.9. The monoisotopic (exact) mass is 482 g/mol. The van der Waals surface area contributed by atoms with Crippen LogP contribution in [0.15, 0.2) is 74.3 Å². The van der Waals surface area contributed by atoms with Gasteiger partial charge < -0.3 is 9.15 Å². The fourth-order valence-electron chi connectivity index (χ4n) is 3.09. The third-order valence-electron chi connectivity index (χ3n) is 4.86. The van der Waals surface area contributed by atoms with Crippen molar-refractivity contribution in [2.75, 3.05) is 0 Å². The number of hydrogen-bond acceptors (Lipinski definition) is 4. The molecule has 0 saturated heterocycles. The predicted octanol–water partition coefficient (Wildman–Crippen LogP) is 6.71. The highest BCUT2D eigenvalue weighted by Crippen LogP contribution is 2.36. The Hall–Kier alpha value is -2.89. The van der Waals surface area contributed by atoms with Gasteiger partial charge in [-0.15, -0.1) is 0 Å². The van der Waals surface area contributed by atoms with Crippen molar-refractivity contribution in [1.82, 2.24) is 0 Å². The maximum atomic E-state index is 13.3. The van der Waals surface area contributed by atoms with E-state index in [0.717, 1.165) is 15.6 Å². The van der Waals surface area contributed by atoms with Crippen LogP contribution in [0.25, 0.3) is 22.3 Å². The lowest BCUT2D eigenvalue weighted by atomic mass is 10.0. The van der Waals surface area contributed by atoms with Gasteiger partial charge in [-0.05, 0) is 73.5 Å². The fourth-order valence-corrected chi connectivity index (χ4v) is 3.57. The molecule has 1 heterocycles. The molecule has 0 N–H and O–H groups in total. The maximum Gasteiger partial charge on any atom is 0.343 e. The Kier molecular flexibility index (Phi) is 5.50. The largest absolute Gasteiger partial charge is 0.452 e. The minimum atomic E-state index is -0.661. The minimum absolute atomic E-state index is 0.117. The number of hydrogen-bond donors (Lipinski definition) is 0. The summed E-state index contributed by atoms with van der Waals surface area (Å²) in [5.41, 5.74) is 2.67. The van der Waals surface area contributed by atoms with E-state index in [4.69, 9.17) is 20.8 Å². The SMILES string of the molecule is Cc1cc2oc(-c3ccccc3Cl)c(OC(=O)c3ccc(Br)cc3)c(=O)c2cc1C. The van der Waals surface area contributed by atoms with Crippen molar-refractivity contribution in [2.45, 2.75) is 13.8 Å². The average molecular weight is 484 g/mol. The van der Waals surface area contributed by atoms with Crippen molar-refractivity contribution < 1.29 is 13.9 Å². The number of halogens is 2. The van der Waals surface area contributed by atoms with E-state index in [2.05, 4.69) is 15.9 Å². The summed E-state index contributed by atoms with van der Waals surface area (Å²) in [6.07, 6.45) is 0. The smallest absolute Gasteiger partial charge is 0.343 e. The average Bonchev–Trinajstić information content (AvgIpc) is 2.72. The van der Waals surface area contributed by atoms with Gasteiger partial charge in [0.1, 0.15) is 5.58 Å². The van der Waals surface area contributed by atoms with Crippen molar-refractivity contribution in [1.29, 1.82) is 0 Å². The van der Waals surface area contributed by atoms with Gasteiger partial charge in [0.2, 0.25) is 11.2 Å². The summed E-state index contributed by atoms with van der Waals surface area (Å²) < 4.78 is 12.5. The number of carbonyl (C=O) groups excluding carboxylic acids is 1. The van der Waals surface area contributed by atoms with E-state index in [1.807, 2.05) is 13.8 Å². The zero-order valence-electron chi connectivity index (χ0n) is 16.2. The van der Waals surface area contributed by atoms with Crippen LogP contribution in [-0.4, -0.2) is 5.97 Å². The van der Waals surface area contributed by atoms with Crippen LogP contribution in [0.4, 0.5) is 0 Å². The molecule has 0 aliphatic carbocycles. The van der Waals surface area contributed by atoms with Gasteiger partial charge in [0, 0.05) is 10.0 Å². The Morgan fingerprint density at radius 3 is 2.37 bits per heavy atom. The van der Waals surface area contributed by atoms with Gasteiger partial charge in [-0.1, -0.05) is 39.7 Å². The molecule has 150 valence electrons. The van der Waals surface area contributed by atoms with Gasteiger partial charge in [0.15, 0.2) is 5.76 Å². The Balaban J connectivity index is 1.95. The number of aryl methyl sites for hydroxylation is 2. The van der Waals surface area contributed by atoms with Gasteiger partial charge in [0.05, 0.1) is 16.0 Å². The van der Waals surface area contributed by atoms with Crippen LogP contribution in [0.1, 0.15) is 21.5 Å². The van der Waals surface area contributed by atoms with Crippen molar-refractivity contribution in [3.05, 3.63) is 97.1 Å². The lowest BCUT2D eigenvalue weighted by Crippen LogP contribution is -2.16. The molecule has 0 aliphatic rings. The number of ether oxygens (including phenoxy) is 1. The second-order valence-corrected chi connectivity index (χ2v) is 8.22. The van der Waals surface area contributed by atoms with Crippen molar-refractivity contribution in [3.8, 4) is 17.1 Å². The van der Waals surface area contributed by atoms with Crippen molar-refractivity contribution in [2.24, 2.45) is 0 Å². The summed E-state index contributed by atoms with van der Waals surface area (Å²) in [5, 5.41) is 0.720. The molecule has 3 aromatic carbocycles. The van der Waals surface area contributed by atoms with Crippen LogP contribution in [0.3, 0.4) is 0 Å². The number of esters is 1. The normalized spacial score (nSPS) is 10.9. The van der Waals surface area contributed by atoms with Crippen LogP contribution in [-0.2, 0) is 0 Å². The van der Waals surface area contributed by atoms with Gasteiger partial charge in [-0.2, -0.15) is 0 Å². The Morgan fingerprint density at radius 1 is 1.00 bits per heavy atom. The lowest BCUT2D eigenvalue weighted by molar-refractivity contribution is 0.0731. The zero-order chi connectivity index (χ0) is 21.4. The number of fused-ring (bicyclic) bond motifs is 1. The van der Waals surface area contributed by atoms with E-state index >= 15 is 0 Å². The topological polar surface area (TPSA) is 56.5 Å². The highest BCUT2D eigenvalue weighted by Gasteiger charge is 2.23. The second kappa shape index (κ2) is 8.09. The lowest BCUT2D eigenvalue weighted by Gasteiger charge is -2.12. The van der Waals surface area contributed by atoms with Crippen molar-refractivity contribution in [3.63, 3.8) is 0 Å². The third-order valence-corrected chi connectivity index (χ3v) is 5.72. The molecule has 0 spiro atoms. The third kappa shape index (κ3) is 3.78. The van der Waals surface area contributed by atoms with Gasteiger partial charge in [-0.3, -0.25) is 4.79 Å². The molecule has 4 nitrogen and oxygen atoms in total. The van der Waals surface area contributed by atoms with Crippen LogP contribution in [0.5, 0.6) is 5.75 Å². The molecule has 0 amide bonds. The van der Waals surface area contributed by atoms with E-state index in [1.54, 1.807) is 60.7 Å². The molecule has 0 unspecified atom stereocenters. The van der Waals surface area contributed by atoms with E-state index in [-0.39, 0.29) is 11.5 Å². The molecule has 0 radical (unpaired) electrons. The molecular formula is C24H16BrClO4. The summed E-state index contributed by atoms with van der Waals surface area (Å²) in [7, 11) is 0. The molecule has 0 saturated carbocycles. The predicted molar refractivity (Wildman–Crippen MR) is 122 cm³/mol. The summed E-state index contributed by atoms with van der Waals surface area (Å²) >= 11 is 9.69. The van der Waals surface area contributed by atoms with Crippen molar-refractivity contribution >= 4 is 44.5 Å². The summed E-state index contributed by atoms with van der Waals surface area (Å²) in [4.78, 5) is 26.1. The first-order valence-corrected chi connectivity index (χ1v) is 10.3. The molecule has 0 fully saturated rings. The quantitative estimate of drug-likeness (QED) is 0.304. The number of benzene rings is 3. The molecule has 1 aromatic heterocycles. The van der Waals surface area contributed by atoms with Gasteiger partial charge in [0.25, 0.3) is 0 Å². The second-order valence-electron chi connectivity index (χ2n) is 6.90. The summed E-state index contributed by atoms with van der Waals surface area (Å²) in [6, 6.07) is 17.1. The minimum Gasteiger partial charge on any atom is -0.452 e. The summed E-state index contributed by atoms with van der Waals surface area (Å²) in [6.45, 7) is 3.84. The van der Waals surface area contributed by atoms with Crippen LogP contribution in [0, 0.1) is 13.8 Å². The van der Waals surface area contributed by atoms with E-state index in [0.29, 0.717) is 27.1 Å². The van der Waals surface area contributed by atoms with Gasteiger partial charge in [-0.25, -0.2) is 4.79 Å². The molecule has 4 rings (SSSR count). The Morgan fingerprint density at radius 2 is 1.67 bits per heavy atom. The van der Waals surface area contributed by atoms with Gasteiger partial charge >= 0.3 is 5.97 Å². The molecule has 0 atom stereocenters. The first kappa shape index (κ1) is 20.4. The number of rotatable bonds is 3. The molecule has 0 aliphatic heterocycles. The first-order chi connectivity index (χ1) is 14.3. The fraction of sp³-hybridized carbons (Fsp3) is 0.0833. The molecule has 0 bridgehead atoms. The number of carbonyl (C=O) groups is 1. The Bertz CT molecular complexity index is 1340. The van der Waals surface area contributed by atoms with Crippen LogP contribution in [0.2, 0.25) is 5.02 Å². The standard InChI is InChI=1S/C24H16BrClO4/c1-13-11-18-20(12-14(13)2)29-22(17-5-3-4-6-19(17)26)23(21(18)27)30-24(28)15-7-9-16(25)10-8-15/h3-12H,1-2H3.